The molecule has 3 rings (SSSR count). The van der Waals surface area contributed by atoms with Crippen LogP contribution in [0.4, 0.5) is 19.1 Å². The van der Waals surface area contributed by atoms with Crippen molar-refractivity contribution >= 4 is 18.4 Å². The third-order valence-corrected chi connectivity index (χ3v) is 3.50. The Hall–Kier alpha value is -1.87. The summed E-state index contributed by atoms with van der Waals surface area (Å²) in [5.41, 5.74) is -0.152. The maximum absolute atomic E-state index is 12.8. The summed E-state index contributed by atoms with van der Waals surface area (Å²) < 4.78 is 39.8. The van der Waals surface area contributed by atoms with Crippen molar-refractivity contribution < 1.29 is 13.2 Å². The average molecular weight is 349 g/mol. The number of nitrogens with one attached hydrogen (secondary N) is 1. The van der Waals surface area contributed by atoms with Gasteiger partial charge in [-0.25, -0.2) is 4.68 Å². The third-order valence-electron chi connectivity index (χ3n) is 3.50. The molecule has 1 fully saturated rings. The van der Waals surface area contributed by atoms with Crippen LogP contribution in [0.1, 0.15) is 11.1 Å². The summed E-state index contributed by atoms with van der Waals surface area (Å²) in [5, 5.41) is 14.7. The molecule has 23 heavy (non-hydrogen) atoms. The Labute approximate surface area is 137 Å². The third kappa shape index (κ3) is 4.11. The summed E-state index contributed by atoms with van der Waals surface area (Å²) in [5.74, 6) is 0.582. The monoisotopic (exact) mass is 348 g/mol. The van der Waals surface area contributed by atoms with E-state index in [9.17, 15) is 13.2 Å². The summed E-state index contributed by atoms with van der Waals surface area (Å²) in [7, 11) is 0. The van der Waals surface area contributed by atoms with Gasteiger partial charge in [-0.15, -0.1) is 12.4 Å². The van der Waals surface area contributed by atoms with E-state index in [2.05, 4.69) is 20.8 Å². The van der Waals surface area contributed by atoms with Gasteiger partial charge in [-0.05, 0) is 28.1 Å². The zero-order chi connectivity index (χ0) is 15.6. The largest absolute Gasteiger partial charge is 0.416 e. The van der Waals surface area contributed by atoms with Crippen LogP contribution >= 0.6 is 12.4 Å². The number of alkyl halides is 3. The van der Waals surface area contributed by atoms with Gasteiger partial charge in [0.25, 0.3) is 0 Å². The van der Waals surface area contributed by atoms with E-state index in [-0.39, 0.29) is 19.0 Å². The van der Waals surface area contributed by atoms with Gasteiger partial charge >= 0.3 is 6.18 Å². The predicted octanol–water partition coefficient (Wildman–Crippen LogP) is 1.57. The summed E-state index contributed by atoms with van der Waals surface area (Å²) in [4.78, 5) is 2.02. The molecule has 6 nitrogen and oxygen atoms in total. The zero-order valence-electron chi connectivity index (χ0n) is 12.1. The van der Waals surface area contributed by atoms with E-state index in [1.54, 1.807) is 6.07 Å². The molecule has 1 aromatic heterocycles. The molecular formula is C13H16ClF3N6. The van der Waals surface area contributed by atoms with Crippen molar-refractivity contribution in [2.45, 2.75) is 12.7 Å². The molecule has 126 valence electrons. The molecule has 2 heterocycles. The Balaban J connectivity index is 0.00000192. The predicted molar refractivity (Wildman–Crippen MR) is 80.7 cm³/mol. The highest BCUT2D eigenvalue weighted by Gasteiger charge is 2.30. The lowest BCUT2D eigenvalue weighted by Gasteiger charge is -2.27. The Morgan fingerprint density at radius 3 is 2.61 bits per heavy atom. The first-order valence-corrected chi connectivity index (χ1v) is 6.92. The second kappa shape index (κ2) is 7.14. The van der Waals surface area contributed by atoms with Gasteiger partial charge in [0.15, 0.2) is 0 Å². The van der Waals surface area contributed by atoms with Crippen LogP contribution in [0.15, 0.2) is 24.3 Å². The molecule has 0 bridgehead atoms. The molecule has 0 aliphatic carbocycles. The minimum atomic E-state index is -4.35. The van der Waals surface area contributed by atoms with E-state index >= 15 is 0 Å². The Morgan fingerprint density at radius 2 is 1.91 bits per heavy atom. The number of hydrogen-bond donors (Lipinski definition) is 1. The fourth-order valence-corrected chi connectivity index (χ4v) is 2.41. The zero-order valence-corrected chi connectivity index (χ0v) is 12.9. The quantitative estimate of drug-likeness (QED) is 0.912. The van der Waals surface area contributed by atoms with Crippen molar-refractivity contribution in [1.82, 2.24) is 25.5 Å². The van der Waals surface area contributed by atoms with Crippen LogP contribution in [0.2, 0.25) is 0 Å². The van der Waals surface area contributed by atoms with E-state index in [4.69, 9.17) is 0 Å². The number of hydrogen-bond acceptors (Lipinski definition) is 5. The van der Waals surface area contributed by atoms with Crippen molar-refractivity contribution in [1.29, 1.82) is 0 Å². The lowest BCUT2D eigenvalue weighted by Crippen LogP contribution is -2.44. The van der Waals surface area contributed by atoms with E-state index in [0.717, 1.165) is 38.3 Å². The molecule has 0 amide bonds. The molecule has 0 unspecified atom stereocenters. The minimum absolute atomic E-state index is 0. The number of benzene rings is 1. The lowest BCUT2D eigenvalue weighted by molar-refractivity contribution is -0.137. The van der Waals surface area contributed by atoms with Gasteiger partial charge in [0.2, 0.25) is 5.95 Å². The molecule has 1 aliphatic heterocycles. The van der Waals surface area contributed by atoms with Crippen molar-refractivity contribution in [2.75, 3.05) is 31.1 Å². The average Bonchev–Trinajstić information content (AvgIpc) is 2.96. The Morgan fingerprint density at radius 1 is 1.17 bits per heavy atom. The normalized spacial score (nSPS) is 15.3. The Kier molecular flexibility index (Phi) is 5.42. The van der Waals surface area contributed by atoms with Gasteiger partial charge in [-0.2, -0.15) is 13.2 Å². The highest BCUT2D eigenvalue weighted by atomic mass is 35.5. The molecule has 1 aliphatic rings. The van der Waals surface area contributed by atoms with Crippen molar-refractivity contribution in [3.05, 3.63) is 35.4 Å². The SMILES string of the molecule is Cl.FC(F)(F)c1cccc(Cn2nnnc2N2CCNCC2)c1. The molecular weight excluding hydrogens is 333 g/mol. The van der Waals surface area contributed by atoms with Gasteiger partial charge in [0.1, 0.15) is 0 Å². The molecule has 2 aromatic rings. The van der Waals surface area contributed by atoms with Crippen LogP contribution < -0.4 is 10.2 Å². The highest BCUT2D eigenvalue weighted by Crippen LogP contribution is 2.29. The molecule has 10 heteroatoms. The smallest absolute Gasteiger partial charge is 0.337 e. The molecule has 0 saturated carbocycles. The van der Waals surface area contributed by atoms with Gasteiger partial charge in [-0.3, -0.25) is 0 Å². The number of aromatic nitrogens is 4. The van der Waals surface area contributed by atoms with Crippen molar-refractivity contribution in [3.63, 3.8) is 0 Å². The van der Waals surface area contributed by atoms with Gasteiger partial charge in [0, 0.05) is 26.2 Å². The molecule has 1 aromatic carbocycles. The van der Waals surface area contributed by atoms with Crippen molar-refractivity contribution in [2.24, 2.45) is 0 Å². The first-order chi connectivity index (χ1) is 10.5. The maximum Gasteiger partial charge on any atom is 0.416 e. The number of piperazine rings is 1. The summed E-state index contributed by atoms with van der Waals surface area (Å²) in [6.45, 7) is 3.40. The van der Waals surface area contributed by atoms with Gasteiger partial charge in [-0.1, -0.05) is 17.2 Å². The minimum Gasteiger partial charge on any atom is -0.337 e. The summed E-state index contributed by atoms with van der Waals surface area (Å²) in [6.07, 6.45) is -4.35. The molecule has 1 saturated heterocycles. The number of nitrogens with zero attached hydrogens (tertiary/aromatic N) is 5. The highest BCUT2D eigenvalue weighted by molar-refractivity contribution is 5.85. The first-order valence-electron chi connectivity index (χ1n) is 6.92. The van der Waals surface area contributed by atoms with Crippen LogP contribution in [-0.4, -0.2) is 46.4 Å². The van der Waals surface area contributed by atoms with E-state index < -0.39 is 11.7 Å². The number of halogens is 4. The molecule has 0 atom stereocenters. The van der Waals surface area contributed by atoms with Crippen LogP contribution in [0.5, 0.6) is 0 Å². The van der Waals surface area contributed by atoms with Crippen LogP contribution in [0.3, 0.4) is 0 Å². The fraction of sp³-hybridized carbons (Fsp3) is 0.462. The van der Waals surface area contributed by atoms with E-state index in [1.165, 1.54) is 10.7 Å². The second-order valence-corrected chi connectivity index (χ2v) is 5.07. The second-order valence-electron chi connectivity index (χ2n) is 5.07. The van der Waals surface area contributed by atoms with Gasteiger partial charge in [0.05, 0.1) is 12.1 Å². The van der Waals surface area contributed by atoms with Gasteiger partial charge < -0.3 is 10.2 Å². The number of tetrazole rings is 1. The fourth-order valence-electron chi connectivity index (χ4n) is 2.41. The van der Waals surface area contributed by atoms with Crippen molar-refractivity contribution in [3.8, 4) is 0 Å². The maximum atomic E-state index is 12.8. The van der Waals surface area contributed by atoms with E-state index in [0.29, 0.717) is 11.5 Å². The van der Waals surface area contributed by atoms with Crippen LogP contribution in [0, 0.1) is 0 Å². The summed E-state index contributed by atoms with van der Waals surface area (Å²) in [6, 6.07) is 5.22. The first kappa shape index (κ1) is 17.5. The summed E-state index contributed by atoms with van der Waals surface area (Å²) >= 11 is 0. The topological polar surface area (TPSA) is 58.9 Å². The number of rotatable bonds is 3. The lowest BCUT2D eigenvalue weighted by atomic mass is 10.1. The molecule has 1 N–H and O–H groups in total. The van der Waals surface area contributed by atoms with Crippen LogP contribution in [-0.2, 0) is 12.7 Å². The standard InChI is InChI=1S/C13H15F3N6.ClH/c14-13(15,16)11-3-1-2-10(8-11)9-22-12(18-19-20-22)21-6-4-17-5-7-21;/h1-3,8,17H,4-7,9H2;1H. The van der Waals surface area contributed by atoms with Crippen LogP contribution in [0.25, 0.3) is 0 Å². The molecule has 0 spiro atoms. The van der Waals surface area contributed by atoms with E-state index in [1.807, 2.05) is 4.90 Å². The molecule has 0 radical (unpaired) electrons. The number of anilines is 1. The Bertz CT molecular complexity index is 639.